The molecule has 0 aliphatic carbocycles. The third kappa shape index (κ3) is 5.19. The molecule has 1 unspecified atom stereocenters. The Morgan fingerprint density at radius 3 is 2.76 bits per heavy atom. The van der Waals surface area contributed by atoms with Gasteiger partial charge < -0.3 is 14.8 Å². The highest BCUT2D eigenvalue weighted by Gasteiger charge is 2.33. The van der Waals surface area contributed by atoms with E-state index in [0.29, 0.717) is 12.3 Å². The van der Waals surface area contributed by atoms with Gasteiger partial charge in [0.1, 0.15) is 5.75 Å². The lowest BCUT2D eigenvalue weighted by atomic mass is 10.1. The van der Waals surface area contributed by atoms with Crippen LogP contribution in [0.4, 0.5) is 13.2 Å². The van der Waals surface area contributed by atoms with Gasteiger partial charge in [0.2, 0.25) is 0 Å². The standard InChI is InChI=1S/C22H24F3N5O3/c1-13-20(14(2)28-27-13)17-11-15(29-30(17)19-9-5-6-10-32-19)12-26-21(31)16-7-3-4-8-18(16)33-22(23,24)25/h3-4,7-8,11,19H,5-6,9-10,12H2,1-2H3,(H,26,31)(H,27,28). The number of hydrogen-bond acceptors (Lipinski definition) is 5. The molecule has 1 fully saturated rings. The maximum Gasteiger partial charge on any atom is 0.573 e. The molecule has 11 heteroatoms. The van der Waals surface area contributed by atoms with Gasteiger partial charge in [-0.05, 0) is 51.3 Å². The number of hydrogen-bond donors (Lipinski definition) is 2. The Labute approximate surface area is 188 Å². The van der Waals surface area contributed by atoms with Gasteiger partial charge >= 0.3 is 6.36 Å². The molecular formula is C22H24F3N5O3. The number of para-hydroxylation sites is 1. The molecule has 0 spiro atoms. The van der Waals surface area contributed by atoms with Crippen LogP contribution in [0.2, 0.25) is 0 Å². The van der Waals surface area contributed by atoms with Crippen LogP contribution in [0.3, 0.4) is 0 Å². The Morgan fingerprint density at radius 1 is 1.30 bits per heavy atom. The number of carbonyl (C=O) groups is 1. The van der Waals surface area contributed by atoms with Gasteiger partial charge in [0.15, 0.2) is 6.23 Å². The van der Waals surface area contributed by atoms with Crippen LogP contribution in [0.5, 0.6) is 5.75 Å². The number of rotatable bonds is 6. The van der Waals surface area contributed by atoms with E-state index in [1.165, 1.54) is 18.2 Å². The Kier molecular flexibility index (Phi) is 6.41. The highest BCUT2D eigenvalue weighted by atomic mass is 19.4. The second-order valence-electron chi connectivity index (χ2n) is 7.82. The van der Waals surface area contributed by atoms with Gasteiger partial charge in [-0.25, -0.2) is 4.68 Å². The zero-order valence-electron chi connectivity index (χ0n) is 18.2. The molecule has 1 amide bonds. The molecular weight excluding hydrogens is 439 g/mol. The summed E-state index contributed by atoms with van der Waals surface area (Å²) in [5.41, 5.74) is 3.71. The predicted octanol–water partition coefficient (Wildman–Crippen LogP) is 4.42. The number of nitrogens with zero attached hydrogens (tertiary/aromatic N) is 3. The van der Waals surface area contributed by atoms with Crippen LogP contribution in [0.25, 0.3) is 11.3 Å². The van der Waals surface area contributed by atoms with E-state index in [4.69, 9.17) is 4.74 Å². The molecule has 4 rings (SSSR count). The van der Waals surface area contributed by atoms with E-state index in [-0.39, 0.29) is 18.3 Å². The van der Waals surface area contributed by atoms with Crippen molar-refractivity contribution in [3.8, 4) is 17.0 Å². The minimum Gasteiger partial charge on any atom is -0.405 e. The van der Waals surface area contributed by atoms with Crippen molar-refractivity contribution in [2.24, 2.45) is 0 Å². The molecule has 1 aliphatic rings. The first-order chi connectivity index (χ1) is 15.7. The summed E-state index contributed by atoms with van der Waals surface area (Å²) in [6.45, 7) is 4.45. The molecule has 0 saturated carbocycles. The van der Waals surface area contributed by atoms with Crippen molar-refractivity contribution >= 4 is 5.91 Å². The number of amides is 1. The first kappa shape index (κ1) is 22.8. The molecule has 1 atom stereocenters. The molecule has 3 aromatic rings. The van der Waals surface area contributed by atoms with Gasteiger partial charge in [-0.3, -0.25) is 9.89 Å². The molecule has 2 aromatic heterocycles. The topological polar surface area (TPSA) is 94.1 Å². The predicted molar refractivity (Wildman–Crippen MR) is 112 cm³/mol. The molecule has 1 saturated heterocycles. The number of ether oxygens (including phenoxy) is 2. The summed E-state index contributed by atoms with van der Waals surface area (Å²) in [5, 5.41) is 14.5. The number of aryl methyl sites for hydroxylation is 2. The summed E-state index contributed by atoms with van der Waals surface area (Å²) in [6, 6.07) is 7.04. The van der Waals surface area contributed by atoms with Gasteiger partial charge in [0, 0.05) is 17.9 Å². The van der Waals surface area contributed by atoms with Crippen molar-refractivity contribution in [2.75, 3.05) is 6.61 Å². The molecule has 8 nitrogen and oxygen atoms in total. The molecule has 0 bridgehead atoms. The van der Waals surface area contributed by atoms with Crippen molar-refractivity contribution in [3.63, 3.8) is 0 Å². The van der Waals surface area contributed by atoms with Gasteiger partial charge in [-0.2, -0.15) is 10.2 Å². The molecule has 2 N–H and O–H groups in total. The van der Waals surface area contributed by atoms with Crippen molar-refractivity contribution in [2.45, 2.75) is 52.2 Å². The summed E-state index contributed by atoms with van der Waals surface area (Å²) in [6.07, 6.45) is -2.34. The van der Waals surface area contributed by atoms with Crippen molar-refractivity contribution in [1.29, 1.82) is 0 Å². The Bertz CT molecular complexity index is 1110. The largest absolute Gasteiger partial charge is 0.573 e. The zero-order chi connectivity index (χ0) is 23.6. The highest BCUT2D eigenvalue weighted by molar-refractivity contribution is 5.96. The highest BCUT2D eigenvalue weighted by Crippen LogP contribution is 2.32. The molecule has 1 aliphatic heterocycles. The second kappa shape index (κ2) is 9.26. The lowest BCUT2D eigenvalue weighted by Gasteiger charge is -2.24. The molecule has 3 heterocycles. The van der Waals surface area contributed by atoms with Crippen LogP contribution in [-0.4, -0.2) is 38.9 Å². The van der Waals surface area contributed by atoms with Gasteiger partial charge in [0.25, 0.3) is 5.91 Å². The third-order valence-corrected chi connectivity index (χ3v) is 5.39. The molecule has 176 valence electrons. The number of aromatic nitrogens is 4. The fraction of sp³-hybridized carbons (Fsp3) is 0.409. The number of carbonyl (C=O) groups excluding carboxylic acids is 1. The van der Waals surface area contributed by atoms with Crippen LogP contribution < -0.4 is 10.1 Å². The summed E-state index contributed by atoms with van der Waals surface area (Å²) in [7, 11) is 0. The fourth-order valence-electron chi connectivity index (χ4n) is 3.92. The summed E-state index contributed by atoms with van der Waals surface area (Å²) >= 11 is 0. The maximum atomic E-state index is 12.7. The average Bonchev–Trinajstić information content (AvgIpc) is 3.34. The van der Waals surface area contributed by atoms with E-state index < -0.39 is 18.0 Å². The maximum absolute atomic E-state index is 12.7. The third-order valence-electron chi connectivity index (χ3n) is 5.39. The van der Waals surface area contributed by atoms with Gasteiger partial charge in [0.05, 0.1) is 29.2 Å². The summed E-state index contributed by atoms with van der Waals surface area (Å²) in [5.74, 6) is -1.26. The average molecular weight is 463 g/mol. The van der Waals surface area contributed by atoms with Crippen LogP contribution in [0.15, 0.2) is 30.3 Å². The van der Waals surface area contributed by atoms with Crippen molar-refractivity contribution in [3.05, 3.63) is 53.0 Å². The summed E-state index contributed by atoms with van der Waals surface area (Å²) < 4.78 is 49.7. The van der Waals surface area contributed by atoms with Crippen molar-refractivity contribution < 1.29 is 27.4 Å². The first-order valence-electron chi connectivity index (χ1n) is 10.6. The Hall–Kier alpha value is -3.34. The van der Waals surface area contributed by atoms with E-state index in [9.17, 15) is 18.0 Å². The second-order valence-corrected chi connectivity index (χ2v) is 7.82. The van der Waals surface area contributed by atoms with Crippen LogP contribution in [-0.2, 0) is 11.3 Å². The number of benzene rings is 1. The van der Waals surface area contributed by atoms with Gasteiger partial charge in [-0.1, -0.05) is 12.1 Å². The molecule has 33 heavy (non-hydrogen) atoms. The smallest absolute Gasteiger partial charge is 0.405 e. The van der Waals surface area contributed by atoms with Crippen LogP contribution in [0.1, 0.15) is 52.9 Å². The van der Waals surface area contributed by atoms with E-state index in [2.05, 4.69) is 25.3 Å². The van der Waals surface area contributed by atoms with Crippen LogP contribution >= 0.6 is 0 Å². The number of nitrogens with one attached hydrogen (secondary N) is 2. The van der Waals surface area contributed by atoms with E-state index in [1.54, 1.807) is 4.68 Å². The van der Waals surface area contributed by atoms with E-state index in [0.717, 1.165) is 48.0 Å². The van der Waals surface area contributed by atoms with E-state index in [1.807, 2.05) is 19.9 Å². The number of H-pyrrole nitrogens is 1. The molecule has 1 aromatic carbocycles. The monoisotopic (exact) mass is 463 g/mol. The van der Waals surface area contributed by atoms with Gasteiger partial charge in [-0.15, -0.1) is 13.2 Å². The minimum absolute atomic E-state index is 0.0157. The molecule has 0 radical (unpaired) electrons. The Balaban J connectivity index is 1.58. The number of aromatic amines is 1. The first-order valence-corrected chi connectivity index (χ1v) is 10.6. The SMILES string of the molecule is Cc1n[nH]c(C)c1-c1cc(CNC(=O)c2ccccc2OC(F)(F)F)nn1C1CCCCO1. The lowest BCUT2D eigenvalue weighted by Crippen LogP contribution is -2.26. The fourth-order valence-corrected chi connectivity index (χ4v) is 3.92. The minimum atomic E-state index is -4.90. The van der Waals surface area contributed by atoms with Crippen LogP contribution in [0, 0.1) is 13.8 Å². The Morgan fingerprint density at radius 2 is 2.09 bits per heavy atom. The summed E-state index contributed by atoms with van der Waals surface area (Å²) in [4.78, 5) is 12.6. The quantitative estimate of drug-likeness (QED) is 0.565. The lowest BCUT2D eigenvalue weighted by molar-refractivity contribution is -0.274. The normalized spacial score (nSPS) is 16.6. The van der Waals surface area contributed by atoms with Crippen molar-refractivity contribution in [1.82, 2.24) is 25.3 Å². The number of halogens is 3. The van der Waals surface area contributed by atoms with E-state index >= 15 is 0 Å². The zero-order valence-corrected chi connectivity index (χ0v) is 18.2. The number of alkyl halides is 3.